The molecule has 0 radical (unpaired) electrons. The van der Waals surface area contributed by atoms with E-state index in [4.69, 9.17) is 0 Å². The Morgan fingerprint density at radius 3 is 1.57 bits per heavy atom. The van der Waals surface area contributed by atoms with Gasteiger partial charge in [-0.15, -0.1) is 0 Å². The normalized spacial score (nSPS) is 16.3. The van der Waals surface area contributed by atoms with Crippen LogP contribution in [-0.2, 0) is 28.8 Å². The highest BCUT2D eigenvalue weighted by atomic mass is 32.2. The second-order valence-corrected chi connectivity index (χ2v) is 12.6. The van der Waals surface area contributed by atoms with Crippen molar-refractivity contribution in [2.45, 2.75) is 111 Å². The molecule has 0 saturated heterocycles. The van der Waals surface area contributed by atoms with Crippen molar-refractivity contribution in [2.24, 2.45) is 23.7 Å². The summed E-state index contributed by atoms with van der Waals surface area (Å²) in [7, 11) is 0. The van der Waals surface area contributed by atoms with Crippen molar-refractivity contribution in [1.29, 1.82) is 0 Å². The molecule has 0 aliphatic heterocycles. The Bertz CT molecular complexity index is 902. The molecule has 0 unspecified atom stereocenters. The number of amides is 5. The van der Waals surface area contributed by atoms with Crippen LogP contribution in [0.3, 0.4) is 0 Å². The Kier molecular flexibility index (Phi) is 18.8. The predicted octanol–water partition coefficient (Wildman–Crippen LogP) is 1.67. The number of aliphatic carboxylic acids is 1. The van der Waals surface area contributed by atoms with Crippen LogP contribution >= 0.6 is 11.8 Å². The maximum absolute atomic E-state index is 13.5. The fraction of sp³-hybridized carbons (Fsp3) is 0.793. The molecule has 5 amide bonds. The maximum atomic E-state index is 13.5. The molecule has 0 aliphatic carbocycles. The van der Waals surface area contributed by atoms with Gasteiger partial charge in [-0.3, -0.25) is 24.0 Å². The minimum absolute atomic E-state index is 0.0255. The third-order valence-corrected chi connectivity index (χ3v) is 8.00. The molecule has 242 valence electrons. The zero-order valence-electron chi connectivity index (χ0n) is 26.6. The van der Waals surface area contributed by atoms with Gasteiger partial charge in [0.15, 0.2) is 0 Å². The zero-order valence-corrected chi connectivity index (χ0v) is 27.4. The first-order valence-corrected chi connectivity index (χ1v) is 16.2. The van der Waals surface area contributed by atoms with Crippen LogP contribution in [0.5, 0.6) is 0 Å². The second kappa shape index (κ2) is 20.1. The highest BCUT2D eigenvalue weighted by molar-refractivity contribution is 7.98. The SMILES string of the molecule is CC[C@H](C)[C@H](NC(=O)[C@H](CCSC)NC=O)C(=O)N[C@H](C(=O)N[C@H](C(=O)N[C@@H](CC(C)C)C(=O)O)[C@@H](C)CC)C(C)C. The van der Waals surface area contributed by atoms with Gasteiger partial charge in [-0.25, -0.2) is 4.79 Å². The van der Waals surface area contributed by atoms with E-state index >= 15 is 0 Å². The first-order chi connectivity index (χ1) is 19.6. The molecular formula is C29H53N5O7S. The van der Waals surface area contributed by atoms with Gasteiger partial charge in [0.2, 0.25) is 30.0 Å². The zero-order chi connectivity index (χ0) is 32.6. The number of carbonyl (C=O) groups is 6. The van der Waals surface area contributed by atoms with E-state index in [9.17, 15) is 33.9 Å². The van der Waals surface area contributed by atoms with Crippen LogP contribution in [-0.4, -0.2) is 83.3 Å². The van der Waals surface area contributed by atoms with Crippen LogP contribution in [0.2, 0.25) is 0 Å². The van der Waals surface area contributed by atoms with E-state index in [1.807, 2.05) is 34.0 Å². The fourth-order valence-electron chi connectivity index (χ4n) is 4.24. The lowest BCUT2D eigenvalue weighted by molar-refractivity contribution is -0.143. The smallest absolute Gasteiger partial charge is 0.326 e. The van der Waals surface area contributed by atoms with Crippen LogP contribution < -0.4 is 26.6 Å². The molecule has 42 heavy (non-hydrogen) atoms. The molecule has 0 spiro atoms. The van der Waals surface area contributed by atoms with Crippen LogP contribution in [0.1, 0.15) is 81.1 Å². The average Bonchev–Trinajstić information content (AvgIpc) is 2.93. The minimum atomic E-state index is -1.16. The van der Waals surface area contributed by atoms with Gasteiger partial charge in [0, 0.05) is 0 Å². The molecular weight excluding hydrogens is 562 g/mol. The Hall–Kier alpha value is -2.83. The van der Waals surface area contributed by atoms with Gasteiger partial charge < -0.3 is 31.7 Å². The Labute approximate surface area is 255 Å². The van der Waals surface area contributed by atoms with Gasteiger partial charge in [-0.2, -0.15) is 11.8 Å². The van der Waals surface area contributed by atoms with E-state index in [1.165, 1.54) is 11.8 Å². The summed E-state index contributed by atoms with van der Waals surface area (Å²) < 4.78 is 0. The summed E-state index contributed by atoms with van der Waals surface area (Å²) in [6.07, 6.45) is 4.05. The summed E-state index contributed by atoms with van der Waals surface area (Å²) in [4.78, 5) is 75.9. The summed E-state index contributed by atoms with van der Waals surface area (Å²) in [5.41, 5.74) is 0. The molecule has 0 bridgehead atoms. The quantitative estimate of drug-likeness (QED) is 0.105. The second-order valence-electron chi connectivity index (χ2n) is 11.6. The highest BCUT2D eigenvalue weighted by Gasteiger charge is 2.36. The van der Waals surface area contributed by atoms with Crippen molar-refractivity contribution in [2.75, 3.05) is 12.0 Å². The first-order valence-electron chi connectivity index (χ1n) is 14.8. The Morgan fingerprint density at radius 1 is 0.714 bits per heavy atom. The molecule has 0 saturated carbocycles. The third kappa shape index (κ3) is 13.4. The number of carboxylic acids is 1. The van der Waals surface area contributed by atoms with Crippen molar-refractivity contribution in [1.82, 2.24) is 26.6 Å². The third-order valence-electron chi connectivity index (χ3n) is 7.35. The van der Waals surface area contributed by atoms with E-state index in [2.05, 4.69) is 26.6 Å². The predicted molar refractivity (Wildman–Crippen MR) is 165 cm³/mol. The lowest BCUT2D eigenvalue weighted by Crippen LogP contribution is -2.61. The lowest BCUT2D eigenvalue weighted by Gasteiger charge is -2.31. The topological polar surface area (TPSA) is 183 Å². The summed E-state index contributed by atoms with van der Waals surface area (Å²) in [5.74, 6) is -3.73. The van der Waals surface area contributed by atoms with Gasteiger partial charge in [-0.05, 0) is 48.5 Å². The summed E-state index contributed by atoms with van der Waals surface area (Å²) in [6, 6.07) is -4.94. The van der Waals surface area contributed by atoms with Gasteiger partial charge in [0.25, 0.3) is 0 Å². The first kappa shape index (κ1) is 39.2. The standard InChI is InChI=1S/C29H53N5O7S/c1-10-18(7)23(27(38)31-21(29(40)41)14-16(3)4)34-26(37)22(17(5)6)32-28(39)24(19(8)11-2)33-25(36)20(30-15-35)12-13-42-9/h15-24H,10-14H2,1-9H3,(H,30,35)(H,31,38)(H,32,39)(H,33,36)(H,34,37)(H,40,41)/t18-,19-,20-,21-,22-,23-,24-/m0/s1. The molecule has 13 heteroatoms. The Balaban J connectivity index is 5.91. The van der Waals surface area contributed by atoms with Gasteiger partial charge in [0.1, 0.15) is 30.2 Å². The van der Waals surface area contributed by atoms with Crippen molar-refractivity contribution in [3.8, 4) is 0 Å². The van der Waals surface area contributed by atoms with Crippen molar-refractivity contribution < 1.29 is 33.9 Å². The molecule has 0 aliphatic rings. The van der Waals surface area contributed by atoms with E-state index in [-0.39, 0.29) is 30.1 Å². The molecule has 6 N–H and O–H groups in total. The van der Waals surface area contributed by atoms with E-state index in [1.54, 1.807) is 27.7 Å². The molecule has 0 aromatic carbocycles. The molecule has 0 rings (SSSR count). The van der Waals surface area contributed by atoms with Crippen molar-refractivity contribution in [3.05, 3.63) is 0 Å². The van der Waals surface area contributed by atoms with Crippen LogP contribution in [0.25, 0.3) is 0 Å². The van der Waals surface area contributed by atoms with E-state index < -0.39 is 59.8 Å². The van der Waals surface area contributed by atoms with E-state index in [0.29, 0.717) is 31.4 Å². The molecule has 0 fully saturated rings. The number of carboxylic acid groups (broad SMARTS) is 1. The molecule has 0 aromatic rings. The van der Waals surface area contributed by atoms with Crippen LogP contribution in [0.4, 0.5) is 0 Å². The largest absolute Gasteiger partial charge is 0.480 e. The van der Waals surface area contributed by atoms with E-state index in [0.717, 1.165) is 0 Å². The molecule has 0 aromatic heterocycles. The maximum Gasteiger partial charge on any atom is 0.326 e. The summed E-state index contributed by atoms with van der Waals surface area (Å²) in [6.45, 7) is 14.5. The van der Waals surface area contributed by atoms with Gasteiger partial charge in [0.05, 0.1) is 0 Å². The number of rotatable bonds is 21. The molecule has 0 heterocycles. The fourth-order valence-corrected chi connectivity index (χ4v) is 4.71. The Morgan fingerprint density at radius 2 is 1.17 bits per heavy atom. The highest BCUT2D eigenvalue weighted by Crippen LogP contribution is 2.14. The van der Waals surface area contributed by atoms with Gasteiger partial charge in [-0.1, -0.05) is 68.2 Å². The summed E-state index contributed by atoms with van der Waals surface area (Å²) >= 11 is 1.52. The average molecular weight is 616 g/mol. The minimum Gasteiger partial charge on any atom is -0.480 e. The number of thioether (sulfide) groups is 1. The van der Waals surface area contributed by atoms with Gasteiger partial charge >= 0.3 is 5.97 Å². The lowest BCUT2D eigenvalue weighted by atomic mass is 9.94. The van der Waals surface area contributed by atoms with Crippen molar-refractivity contribution in [3.63, 3.8) is 0 Å². The summed E-state index contributed by atoms with van der Waals surface area (Å²) in [5, 5.41) is 22.9. The number of carbonyl (C=O) groups excluding carboxylic acids is 5. The monoisotopic (exact) mass is 615 g/mol. The van der Waals surface area contributed by atoms with Crippen LogP contribution in [0.15, 0.2) is 0 Å². The molecule has 7 atom stereocenters. The number of nitrogens with one attached hydrogen (secondary N) is 5. The van der Waals surface area contributed by atoms with Crippen LogP contribution in [0, 0.1) is 23.7 Å². The van der Waals surface area contributed by atoms with Crippen molar-refractivity contribution >= 4 is 47.8 Å². The number of hydrogen-bond acceptors (Lipinski definition) is 7. The number of hydrogen-bond donors (Lipinski definition) is 6. The molecule has 12 nitrogen and oxygen atoms in total.